The summed E-state index contributed by atoms with van der Waals surface area (Å²) in [5.41, 5.74) is 1.06. The van der Waals surface area contributed by atoms with E-state index in [0.29, 0.717) is 24.2 Å². The van der Waals surface area contributed by atoms with Crippen molar-refractivity contribution < 1.29 is 19.0 Å². The standard InChI is InChI=1S/C19H19Cl2FN4O3/c20-11-6-10(8-25-18(11)21)26-19(28)16-13-7-12(23-3-4-27)17(29-13)15(16)9-1-2-24-14(22)5-9/h1-2,5-6,8,12-13,15-17,23,27H,3-4,7H2,(H,26,28)/t12-,13-,15-,16+,17+/m1/s1. The molecule has 0 radical (unpaired) electrons. The summed E-state index contributed by atoms with van der Waals surface area (Å²) >= 11 is 11.8. The van der Waals surface area contributed by atoms with Gasteiger partial charge in [0.05, 0.1) is 41.6 Å². The molecule has 0 aromatic carbocycles. The van der Waals surface area contributed by atoms with Crippen LogP contribution in [-0.4, -0.2) is 52.4 Å². The molecule has 0 saturated carbocycles. The predicted octanol–water partition coefficient (Wildman–Crippen LogP) is 2.38. The minimum absolute atomic E-state index is 0.00329. The molecule has 4 rings (SSSR count). The molecule has 2 aromatic heterocycles. The van der Waals surface area contributed by atoms with Crippen LogP contribution in [0.5, 0.6) is 0 Å². The van der Waals surface area contributed by atoms with Crippen molar-refractivity contribution in [2.24, 2.45) is 5.92 Å². The quantitative estimate of drug-likeness (QED) is 0.596. The van der Waals surface area contributed by atoms with Crippen molar-refractivity contribution in [3.63, 3.8) is 0 Å². The first-order valence-corrected chi connectivity index (χ1v) is 9.96. The molecule has 2 fully saturated rings. The van der Waals surface area contributed by atoms with Crippen molar-refractivity contribution in [1.29, 1.82) is 0 Å². The Morgan fingerprint density at radius 1 is 1.34 bits per heavy atom. The molecule has 10 heteroatoms. The van der Waals surface area contributed by atoms with Gasteiger partial charge >= 0.3 is 0 Å². The Kier molecular flexibility index (Phi) is 5.98. The number of hydrogen-bond donors (Lipinski definition) is 3. The Balaban J connectivity index is 1.60. The van der Waals surface area contributed by atoms with Crippen molar-refractivity contribution in [2.75, 3.05) is 18.5 Å². The number of pyridine rings is 2. The molecule has 1 amide bonds. The Hall–Kier alpha value is -1.84. The first kappa shape index (κ1) is 20.4. The molecule has 0 spiro atoms. The fourth-order valence-electron chi connectivity index (χ4n) is 4.26. The Bertz CT molecular complexity index is 919. The molecule has 0 unspecified atom stereocenters. The van der Waals surface area contributed by atoms with Crippen LogP contribution < -0.4 is 10.6 Å². The highest BCUT2D eigenvalue weighted by atomic mass is 35.5. The Morgan fingerprint density at radius 3 is 2.90 bits per heavy atom. The van der Waals surface area contributed by atoms with Gasteiger partial charge in [-0.2, -0.15) is 4.39 Å². The summed E-state index contributed by atoms with van der Waals surface area (Å²) in [5.74, 6) is -1.76. The number of nitrogens with one attached hydrogen (secondary N) is 2. The van der Waals surface area contributed by atoms with E-state index in [1.165, 1.54) is 24.5 Å². The molecule has 2 aliphatic heterocycles. The van der Waals surface area contributed by atoms with Crippen LogP contribution in [0.4, 0.5) is 10.1 Å². The van der Waals surface area contributed by atoms with Crippen LogP contribution in [0.15, 0.2) is 30.6 Å². The molecule has 7 nitrogen and oxygen atoms in total. The fraction of sp³-hybridized carbons (Fsp3) is 0.421. The first-order chi connectivity index (χ1) is 14.0. The lowest BCUT2D eigenvalue weighted by Crippen LogP contribution is -2.47. The van der Waals surface area contributed by atoms with Gasteiger partial charge in [0.25, 0.3) is 0 Å². The second-order valence-electron chi connectivity index (χ2n) is 7.11. The number of aliphatic hydroxyl groups excluding tert-OH is 1. The zero-order valence-electron chi connectivity index (χ0n) is 15.2. The first-order valence-electron chi connectivity index (χ1n) is 9.21. The summed E-state index contributed by atoms with van der Waals surface area (Å²) in [6.45, 7) is 0.414. The monoisotopic (exact) mass is 440 g/mol. The summed E-state index contributed by atoms with van der Waals surface area (Å²) in [4.78, 5) is 20.7. The number of anilines is 1. The molecular weight excluding hydrogens is 422 g/mol. The summed E-state index contributed by atoms with van der Waals surface area (Å²) in [5, 5.41) is 15.5. The number of nitrogens with zero attached hydrogens (tertiary/aromatic N) is 2. The summed E-state index contributed by atoms with van der Waals surface area (Å²) < 4.78 is 19.9. The molecule has 3 N–H and O–H groups in total. The van der Waals surface area contributed by atoms with Gasteiger partial charge in [-0.15, -0.1) is 0 Å². The molecule has 0 aliphatic carbocycles. The molecule has 2 saturated heterocycles. The van der Waals surface area contributed by atoms with Gasteiger partial charge in [-0.25, -0.2) is 9.97 Å². The third-order valence-corrected chi connectivity index (χ3v) is 6.06. The molecule has 4 heterocycles. The predicted molar refractivity (Wildman–Crippen MR) is 105 cm³/mol. The lowest BCUT2D eigenvalue weighted by Gasteiger charge is -2.32. The van der Waals surface area contributed by atoms with E-state index in [-0.39, 0.29) is 46.9 Å². The number of amides is 1. The highest BCUT2D eigenvalue weighted by Gasteiger charge is 2.57. The summed E-state index contributed by atoms with van der Waals surface area (Å²) in [6, 6.07) is 4.51. The van der Waals surface area contributed by atoms with Crippen LogP contribution in [0, 0.1) is 11.9 Å². The number of carbonyl (C=O) groups is 1. The largest absolute Gasteiger partial charge is 0.395 e. The molecule has 2 aromatic rings. The average molecular weight is 441 g/mol. The van der Waals surface area contributed by atoms with E-state index in [4.69, 9.17) is 33.0 Å². The topological polar surface area (TPSA) is 96.4 Å². The van der Waals surface area contributed by atoms with Gasteiger partial charge in [0, 0.05) is 24.7 Å². The van der Waals surface area contributed by atoms with Crippen molar-refractivity contribution in [1.82, 2.24) is 15.3 Å². The smallest absolute Gasteiger partial charge is 0.230 e. The third kappa shape index (κ3) is 4.08. The minimum Gasteiger partial charge on any atom is -0.395 e. The molecule has 29 heavy (non-hydrogen) atoms. The van der Waals surface area contributed by atoms with E-state index >= 15 is 0 Å². The normalized spacial score (nSPS) is 27.9. The van der Waals surface area contributed by atoms with Gasteiger partial charge in [-0.05, 0) is 30.2 Å². The van der Waals surface area contributed by atoms with Gasteiger partial charge < -0.3 is 20.5 Å². The number of fused-ring (bicyclic) bond motifs is 2. The Morgan fingerprint density at radius 2 is 2.17 bits per heavy atom. The number of halogens is 3. The van der Waals surface area contributed by atoms with E-state index in [0.717, 1.165) is 0 Å². The third-order valence-electron chi connectivity index (χ3n) is 5.38. The maximum absolute atomic E-state index is 13.8. The molecule has 2 bridgehead atoms. The van der Waals surface area contributed by atoms with Crippen molar-refractivity contribution in [3.8, 4) is 0 Å². The summed E-state index contributed by atoms with van der Waals surface area (Å²) in [7, 11) is 0. The fourth-order valence-corrected chi connectivity index (χ4v) is 4.53. The number of rotatable bonds is 6. The average Bonchev–Trinajstić information content (AvgIpc) is 3.27. The molecule has 5 atom stereocenters. The maximum atomic E-state index is 13.8. The Labute approximate surface area is 176 Å². The van der Waals surface area contributed by atoms with E-state index in [1.807, 2.05) is 0 Å². The van der Waals surface area contributed by atoms with E-state index in [1.54, 1.807) is 6.07 Å². The van der Waals surface area contributed by atoms with Crippen molar-refractivity contribution >= 4 is 34.8 Å². The van der Waals surface area contributed by atoms with Crippen LogP contribution in [0.2, 0.25) is 10.2 Å². The van der Waals surface area contributed by atoms with Gasteiger partial charge in [0.15, 0.2) is 0 Å². The number of carbonyl (C=O) groups excluding carboxylic acids is 1. The second-order valence-corrected chi connectivity index (χ2v) is 7.87. The number of aromatic nitrogens is 2. The minimum atomic E-state index is -0.613. The number of hydrogen-bond acceptors (Lipinski definition) is 6. The van der Waals surface area contributed by atoms with Gasteiger partial charge in [-0.3, -0.25) is 4.79 Å². The zero-order chi connectivity index (χ0) is 20.5. The summed E-state index contributed by atoms with van der Waals surface area (Å²) in [6.07, 6.45) is 2.76. The van der Waals surface area contributed by atoms with Crippen molar-refractivity contribution in [3.05, 3.63) is 52.3 Å². The second kappa shape index (κ2) is 8.49. The highest BCUT2D eigenvalue weighted by Crippen LogP contribution is 2.49. The number of aliphatic hydroxyl groups is 1. The SMILES string of the molecule is O=C(Nc1cnc(Cl)c(Cl)c1)[C@@H]1[C@@H](c2ccnc(F)c2)[C@H]2O[C@@H]1C[C@H]2NCCO. The van der Waals surface area contributed by atoms with E-state index in [9.17, 15) is 9.18 Å². The van der Waals surface area contributed by atoms with Crippen LogP contribution in [0.25, 0.3) is 0 Å². The number of ether oxygens (including phenoxy) is 1. The van der Waals surface area contributed by atoms with Crippen molar-refractivity contribution in [2.45, 2.75) is 30.6 Å². The van der Waals surface area contributed by atoms with Crippen LogP contribution in [0.3, 0.4) is 0 Å². The van der Waals surface area contributed by atoms with Crippen LogP contribution in [-0.2, 0) is 9.53 Å². The molecule has 154 valence electrons. The highest BCUT2D eigenvalue weighted by molar-refractivity contribution is 6.41. The molecule has 2 aliphatic rings. The van der Waals surface area contributed by atoms with Gasteiger partial charge in [0.1, 0.15) is 5.15 Å². The lowest BCUT2D eigenvalue weighted by molar-refractivity contribution is -0.121. The zero-order valence-corrected chi connectivity index (χ0v) is 16.7. The van der Waals surface area contributed by atoms with Gasteiger partial charge in [-0.1, -0.05) is 23.2 Å². The lowest BCUT2D eigenvalue weighted by atomic mass is 9.73. The van der Waals surface area contributed by atoms with Crippen LogP contribution in [0.1, 0.15) is 17.9 Å². The van der Waals surface area contributed by atoms with E-state index < -0.39 is 11.9 Å². The van der Waals surface area contributed by atoms with Crippen LogP contribution >= 0.6 is 23.2 Å². The molecular formula is C19H19Cl2FN4O3. The van der Waals surface area contributed by atoms with Gasteiger partial charge in [0.2, 0.25) is 11.9 Å². The van der Waals surface area contributed by atoms with E-state index in [2.05, 4.69) is 20.6 Å². The maximum Gasteiger partial charge on any atom is 0.230 e.